The van der Waals surface area contributed by atoms with Crippen molar-refractivity contribution in [2.45, 2.75) is 110 Å². The van der Waals surface area contributed by atoms with E-state index in [0.29, 0.717) is 18.3 Å². The first-order valence-electron chi connectivity index (χ1n) is 16.3. The average molecular weight is 661 g/mol. The molecule has 1 fully saturated rings. The Morgan fingerprint density at radius 1 is 0.979 bits per heavy atom. The maximum atomic E-state index is 14.1. The highest BCUT2D eigenvalue weighted by Crippen LogP contribution is 2.41. The van der Waals surface area contributed by atoms with Crippen LogP contribution in [0.4, 0.5) is 0 Å². The monoisotopic (exact) mass is 660 g/mol. The highest BCUT2D eigenvalue weighted by molar-refractivity contribution is 6.99. The fraction of sp³-hybridized carbons (Fsp3) is 0.462. The number of carbonyl (C=O) groups excluding carboxylic acids is 3. The quantitative estimate of drug-likeness (QED) is 0.0696. The van der Waals surface area contributed by atoms with Crippen molar-refractivity contribution >= 4 is 36.7 Å². The van der Waals surface area contributed by atoms with E-state index in [1.807, 2.05) is 57.2 Å². The van der Waals surface area contributed by atoms with Crippen LogP contribution in [0.15, 0.2) is 97.1 Å². The Kier molecular flexibility index (Phi) is 12.7. The second-order valence-corrected chi connectivity index (χ2v) is 18.5. The maximum absolute atomic E-state index is 14.1. The van der Waals surface area contributed by atoms with Crippen molar-refractivity contribution in [1.82, 2.24) is 0 Å². The number of esters is 1. The molecule has 3 rings (SSSR count). The number of Topliss-reactive ketones (excluding diaryl/α,β-unsaturated/α-hetero) is 1. The van der Waals surface area contributed by atoms with E-state index >= 15 is 0 Å². The number of ether oxygens (including phenoxy) is 3. The van der Waals surface area contributed by atoms with Gasteiger partial charge in [-0.2, -0.15) is 0 Å². The molecule has 7 nitrogen and oxygen atoms in total. The summed E-state index contributed by atoms with van der Waals surface area (Å²) in [6.07, 6.45) is 5.24. The zero-order valence-electron chi connectivity index (χ0n) is 29.4. The number of aldehydes is 1. The van der Waals surface area contributed by atoms with Crippen LogP contribution >= 0.6 is 0 Å². The number of carbonyl (C=O) groups is 3. The molecular weight excluding hydrogens is 609 g/mol. The van der Waals surface area contributed by atoms with Gasteiger partial charge in [-0.1, -0.05) is 106 Å². The summed E-state index contributed by atoms with van der Waals surface area (Å²) in [5.41, 5.74) is -0.558. The van der Waals surface area contributed by atoms with Gasteiger partial charge in [0.25, 0.3) is 8.32 Å². The third kappa shape index (κ3) is 9.35. The van der Waals surface area contributed by atoms with Crippen molar-refractivity contribution in [2.75, 3.05) is 0 Å². The molecule has 4 atom stereocenters. The normalized spacial score (nSPS) is 20.1. The smallest absolute Gasteiger partial charge is 0.303 e. The van der Waals surface area contributed by atoms with Crippen LogP contribution in [0, 0.1) is 5.41 Å². The minimum Gasteiger partial charge on any atom is -0.450 e. The van der Waals surface area contributed by atoms with Crippen LogP contribution in [0.1, 0.15) is 75.2 Å². The molecule has 1 saturated heterocycles. The molecule has 0 amide bonds. The van der Waals surface area contributed by atoms with Gasteiger partial charge in [0.1, 0.15) is 6.29 Å². The Morgan fingerprint density at radius 3 is 1.96 bits per heavy atom. The molecule has 254 valence electrons. The van der Waals surface area contributed by atoms with Crippen molar-refractivity contribution in [2.24, 2.45) is 5.41 Å². The van der Waals surface area contributed by atoms with E-state index in [2.05, 4.69) is 51.6 Å². The van der Waals surface area contributed by atoms with Crippen molar-refractivity contribution < 1.29 is 33.0 Å². The molecule has 0 N–H and O–H groups in total. The summed E-state index contributed by atoms with van der Waals surface area (Å²) in [5, 5.41) is 1.91. The van der Waals surface area contributed by atoms with Gasteiger partial charge in [0, 0.05) is 18.8 Å². The Balaban J connectivity index is 2.23. The largest absolute Gasteiger partial charge is 0.450 e. The van der Waals surface area contributed by atoms with E-state index in [4.69, 9.17) is 18.6 Å². The molecule has 1 aliphatic heterocycles. The summed E-state index contributed by atoms with van der Waals surface area (Å²) >= 11 is 0. The van der Waals surface area contributed by atoms with Gasteiger partial charge in [-0.3, -0.25) is 14.4 Å². The van der Waals surface area contributed by atoms with E-state index < -0.39 is 37.7 Å². The van der Waals surface area contributed by atoms with Gasteiger partial charge >= 0.3 is 5.97 Å². The van der Waals surface area contributed by atoms with Crippen LogP contribution in [-0.2, 0) is 33.0 Å². The molecule has 0 aromatic heterocycles. The maximum Gasteiger partial charge on any atom is 0.303 e. The lowest BCUT2D eigenvalue weighted by Gasteiger charge is -2.46. The van der Waals surface area contributed by atoms with E-state index in [0.717, 1.165) is 10.4 Å². The molecule has 2 aromatic carbocycles. The molecule has 47 heavy (non-hydrogen) atoms. The standard InChI is InChI=1S/C39H52O7Si/c1-11-19-30(35(43-29(3)41)36(42)38(7,8)24-18-25-40)26-31(27-34-28(2)44-39(9,10)45-34)46-47(37(4,5)6,32-20-14-12-15-21-32)33-22-16-13-17-23-33/h11-25,28,31,34-35H,1,26-27H2,2-10H3/b24-18+,30-19+/t28-,31+,34-,35+/m1/s1. The van der Waals surface area contributed by atoms with Crippen LogP contribution in [0.2, 0.25) is 5.04 Å². The first kappa shape index (κ1) is 38.0. The van der Waals surface area contributed by atoms with Gasteiger partial charge in [0.05, 0.1) is 18.3 Å². The topological polar surface area (TPSA) is 88.1 Å². The molecule has 2 aromatic rings. The Labute approximate surface area is 282 Å². The zero-order chi connectivity index (χ0) is 35.0. The molecule has 0 unspecified atom stereocenters. The molecule has 1 aliphatic rings. The van der Waals surface area contributed by atoms with Crippen molar-refractivity contribution in [3.8, 4) is 0 Å². The Morgan fingerprint density at radius 2 is 1.53 bits per heavy atom. The molecular formula is C39H52O7Si. The predicted molar refractivity (Wildman–Crippen MR) is 189 cm³/mol. The third-order valence-corrected chi connectivity index (χ3v) is 13.7. The summed E-state index contributed by atoms with van der Waals surface area (Å²) in [4.78, 5) is 37.7. The second kappa shape index (κ2) is 15.6. The highest BCUT2D eigenvalue weighted by Gasteiger charge is 2.52. The lowest BCUT2D eigenvalue weighted by Crippen LogP contribution is -2.68. The van der Waals surface area contributed by atoms with E-state index in [1.165, 1.54) is 19.1 Å². The van der Waals surface area contributed by atoms with Crippen molar-refractivity contribution in [3.05, 3.63) is 97.1 Å². The Hall–Kier alpha value is -3.43. The van der Waals surface area contributed by atoms with Crippen LogP contribution in [0.5, 0.6) is 0 Å². The first-order valence-corrected chi connectivity index (χ1v) is 18.2. The summed E-state index contributed by atoms with van der Waals surface area (Å²) in [6.45, 7) is 21.0. The predicted octanol–water partition coefficient (Wildman–Crippen LogP) is 6.65. The fourth-order valence-corrected chi connectivity index (χ4v) is 11.2. The van der Waals surface area contributed by atoms with Gasteiger partial charge < -0.3 is 18.6 Å². The molecule has 0 aliphatic carbocycles. The number of ketones is 1. The van der Waals surface area contributed by atoms with Gasteiger partial charge in [0.15, 0.2) is 17.7 Å². The van der Waals surface area contributed by atoms with Gasteiger partial charge in [-0.25, -0.2) is 0 Å². The van der Waals surface area contributed by atoms with Crippen molar-refractivity contribution in [3.63, 3.8) is 0 Å². The lowest BCUT2D eigenvalue weighted by atomic mass is 9.81. The fourth-order valence-electron chi connectivity index (χ4n) is 6.47. The van der Waals surface area contributed by atoms with E-state index in [-0.39, 0.29) is 29.5 Å². The van der Waals surface area contributed by atoms with Gasteiger partial charge in [-0.05, 0) is 68.1 Å². The molecule has 1 heterocycles. The minimum atomic E-state index is -3.07. The molecule has 0 bridgehead atoms. The van der Waals surface area contributed by atoms with Crippen LogP contribution in [0.3, 0.4) is 0 Å². The van der Waals surface area contributed by atoms with Crippen LogP contribution < -0.4 is 10.4 Å². The first-order chi connectivity index (χ1) is 22.0. The van der Waals surface area contributed by atoms with Crippen molar-refractivity contribution in [1.29, 1.82) is 0 Å². The molecule has 8 heteroatoms. The Bertz CT molecular complexity index is 1400. The third-order valence-electron chi connectivity index (χ3n) is 8.56. The molecule has 0 spiro atoms. The summed E-state index contributed by atoms with van der Waals surface area (Å²) in [5.74, 6) is -1.73. The summed E-state index contributed by atoms with van der Waals surface area (Å²) in [6, 6.07) is 20.7. The average Bonchev–Trinajstić information content (AvgIpc) is 3.27. The number of rotatable bonds is 15. The number of allylic oxidation sites excluding steroid dienone is 4. The number of hydrogen-bond donors (Lipinski definition) is 0. The number of benzene rings is 2. The summed E-state index contributed by atoms with van der Waals surface area (Å²) in [7, 11) is -3.07. The summed E-state index contributed by atoms with van der Waals surface area (Å²) < 4.78 is 25.9. The SMILES string of the molecule is C=C/C=C(\C[C@@H](C[C@H]1OC(C)(C)O[C@@H]1C)O[Si](c1ccccc1)(c1ccccc1)C(C)(C)C)[C@H](OC(C)=O)C(=O)C(C)(C)/C=C/C=O. The number of hydrogen-bond acceptors (Lipinski definition) is 7. The minimum absolute atomic E-state index is 0.208. The molecule has 0 saturated carbocycles. The van der Waals surface area contributed by atoms with Crippen LogP contribution in [-0.4, -0.2) is 56.6 Å². The molecule has 0 radical (unpaired) electrons. The van der Waals surface area contributed by atoms with Crippen LogP contribution in [0.25, 0.3) is 0 Å². The van der Waals surface area contributed by atoms with Gasteiger partial charge in [0.2, 0.25) is 0 Å². The second-order valence-electron chi connectivity index (χ2n) is 14.3. The lowest BCUT2D eigenvalue weighted by molar-refractivity contribution is -0.153. The van der Waals surface area contributed by atoms with Gasteiger partial charge in [-0.15, -0.1) is 0 Å². The highest BCUT2D eigenvalue weighted by atomic mass is 28.4. The van der Waals surface area contributed by atoms with E-state index in [9.17, 15) is 14.4 Å². The zero-order valence-corrected chi connectivity index (χ0v) is 30.4. The van der Waals surface area contributed by atoms with E-state index in [1.54, 1.807) is 26.0 Å².